The first-order valence-corrected chi connectivity index (χ1v) is 17.2. The summed E-state index contributed by atoms with van der Waals surface area (Å²) in [5, 5.41) is 23.5. The Kier molecular flexibility index (Phi) is 22.4. The summed E-state index contributed by atoms with van der Waals surface area (Å²) in [6.45, 7) is 11.2. The molecular formula is C35H62N2O10. The molecular weight excluding hydrogens is 608 g/mol. The number of nitrogens with one attached hydrogen (secondary N) is 2. The van der Waals surface area contributed by atoms with E-state index in [1.54, 1.807) is 13.8 Å². The van der Waals surface area contributed by atoms with E-state index in [-0.39, 0.29) is 66.8 Å². The predicted octanol–water partition coefficient (Wildman–Crippen LogP) is 5.36. The van der Waals surface area contributed by atoms with E-state index in [4.69, 9.17) is 14.9 Å². The second kappa shape index (κ2) is 24.0. The van der Waals surface area contributed by atoms with Gasteiger partial charge in [-0.2, -0.15) is 0 Å². The minimum absolute atomic E-state index is 0.00597. The maximum absolute atomic E-state index is 11.9. The topological polar surface area (TPSA) is 185 Å². The molecule has 272 valence electrons. The SMILES string of the molecule is CC(C)[C@H](CC(=O)NC1CCCCC1)C(=O)O.COC(=O)[C@@H](CC(=O)NC1CCCCC1)C(C)C.COC(=O)[C@@H](CC(=O)O)C(C)C. The Labute approximate surface area is 281 Å². The summed E-state index contributed by atoms with van der Waals surface area (Å²) in [5.74, 6) is -4.06. The second-order valence-corrected chi connectivity index (χ2v) is 13.7. The number of carbonyl (C=O) groups excluding carboxylic acids is 4. The van der Waals surface area contributed by atoms with Crippen LogP contribution in [0.4, 0.5) is 0 Å². The van der Waals surface area contributed by atoms with Crippen LogP contribution in [0.15, 0.2) is 0 Å². The van der Waals surface area contributed by atoms with Crippen LogP contribution in [-0.2, 0) is 38.2 Å². The molecule has 2 aliphatic carbocycles. The zero-order valence-electron chi connectivity index (χ0n) is 30.0. The summed E-state index contributed by atoms with van der Waals surface area (Å²) in [5.41, 5.74) is 0. The van der Waals surface area contributed by atoms with Crippen molar-refractivity contribution >= 4 is 35.7 Å². The fourth-order valence-corrected chi connectivity index (χ4v) is 5.75. The first-order valence-electron chi connectivity index (χ1n) is 17.2. The van der Waals surface area contributed by atoms with E-state index in [1.807, 2.05) is 27.7 Å². The number of carboxylic acid groups (broad SMARTS) is 2. The second-order valence-electron chi connectivity index (χ2n) is 13.7. The summed E-state index contributed by atoms with van der Waals surface area (Å²) in [7, 11) is 2.64. The van der Waals surface area contributed by atoms with Gasteiger partial charge < -0.3 is 30.3 Å². The third kappa shape index (κ3) is 19.3. The van der Waals surface area contributed by atoms with Crippen LogP contribution in [0.2, 0.25) is 0 Å². The van der Waals surface area contributed by atoms with Crippen molar-refractivity contribution in [2.75, 3.05) is 14.2 Å². The average Bonchev–Trinajstić information content (AvgIpc) is 3.01. The Balaban J connectivity index is 0.000000691. The highest BCUT2D eigenvalue weighted by atomic mass is 16.5. The number of amides is 2. The molecule has 0 saturated heterocycles. The van der Waals surface area contributed by atoms with Crippen molar-refractivity contribution in [1.29, 1.82) is 0 Å². The van der Waals surface area contributed by atoms with E-state index in [0.29, 0.717) is 6.04 Å². The van der Waals surface area contributed by atoms with Gasteiger partial charge in [0.2, 0.25) is 11.8 Å². The Morgan fingerprint density at radius 1 is 0.553 bits per heavy atom. The summed E-state index contributed by atoms with van der Waals surface area (Å²) in [6.07, 6.45) is 11.6. The van der Waals surface area contributed by atoms with E-state index in [9.17, 15) is 28.8 Å². The van der Waals surface area contributed by atoms with E-state index in [2.05, 4.69) is 15.4 Å². The molecule has 3 atom stereocenters. The molecule has 0 bridgehead atoms. The van der Waals surface area contributed by atoms with E-state index in [1.165, 1.54) is 39.9 Å². The number of esters is 2. The minimum Gasteiger partial charge on any atom is -0.481 e. The molecule has 2 aliphatic rings. The van der Waals surface area contributed by atoms with Gasteiger partial charge in [-0.25, -0.2) is 0 Å². The maximum atomic E-state index is 11.9. The minimum atomic E-state index is -0.973. The van der Waals surface area contributed by atoms with E-state index >= 15 is 0 Å². The first kappa shape index (κ1) is 43.8. The van der Waals surface area contributed by atoms with E-state index < -0.39 is 29.7 Å². The quantitative estimate of drug-likeness (QED) is 0.175. The molecule has 0 aromatic carbocycles. The highest BCUT2D eigenvalue weighted by molar-refractivity contribution is 5.83. The lowest BCUT2D eigenvalue weighted by atomic mass is 9.91. The third-order valence-corrected chi connectivity index (χ3v) is 8.88. The van der Waals surface area contributed by atoms with Crippen molar-refractivity contribution in [2.24, 2.45) is 35.5 Å². The molecule has 2 amide bonds. The smallest absolute Gasteiger partial charge is 0.309 e. The Morgan fingerprint density at radius 2 is 0.872 bits per heavy atom. The van der Waals surface area contributed by atoms with Gasteiger partial charge in [0.05, 0.1) is 38.4 Å². The molecule has 12 heteroatoms. The lowest BCUT2D eigenvalue weighted by Crippen LogP contribution is -2.38. The van der Waals surface area contributed by atoms with Crippen LogP contribution in [0.25, 0.3) is 0 Å². The lowest BCUT2D eigenvalue weighted by molar-refractivity contribution is -0.152. The molecule has 0 heterocycles. The predicted molar refractivity (Wildman–Crippen MR) is 178 cm³/mol. The monoisotopic (exact) mass is 670 g/mol. The van der Waals surface area contributed by atoms with Crippen molar-refractivity contribution in [1.82, 2.24) is 10.6 Å². The molecule has 12 nitrogen and oxygen atoms in total. The van der Waals surface area contributed by atoms with Gasteiger partial charge in [-0.3, -0.25) is 28.8 Å². The Hall–Kier alpha value is -3.18. The van der Waals surface area contributed by atoms with Crippen molar-refractivity contribution in [3.05, 3.63) is 0 Å². The third-order valence-electron chi connectivity index (χ3n) is 8.88. The fraction of sp³-hybridized carbons (Fsp3) is 0.829. The summed E-state index contributed by atoms with van der Waals surface area (Å²) >= 11 is 0. The van der Waals surface area contributed by atoms with Crippen LogP contribution in [0.1, 0.15) is 125 Å². The first-order chi connectivity index (χ1) is 22.0. The number of hydrogen-bond donors (Lipinski definition) is 4. The highest BCUT2D eigenvalue weighted by Gasteiger charge is 2.28. The summed E-state index contributed by atoms with van der Waals surface area (Å²) < 4.78 is 9.22. The van der Waals surface area contributed by atoms with Crippen molar-refractivity contribution in [2.45, 2.75) is 137 Å². The molecule has 0 aromatic heterocycles. The Bertz CT molecular complexity index is 969. The van der Waals surface area contributed by atoms with Crippen LogP contribution >= 0.6 is 0 Å². The van der Waals surface area contributed by atoms with Gasteiger partial charge in [-0.05, 0) is 43.4 Å². The zero-order valence-corrected chi connectivity index (χ0v) is 30.0. The molecule has 0 unspecified atom stereocenters. The van der Waals surface area contributed by atoms with Crippen LogP contribution in [-0.4, -0.2) is 72.2 Å². The molecule has 2 saturated carbocycles. The molecule has 0 aromatic rings. The molecule has 47 heavy (non-hydrogen) atoms. The fourth-order valence-electron chi connectivity index (χ4n) is 5.75. The van der Waals surface area contributed by atoms with Crippen molar-refractivity contribution < 1.29 is 48.5 Å². The molecule has 0 spiro atoms. The zero-order chi connectivity index (χ0) is 36.1. The number of hydrogen-bond acceptors (Lipinski definition) is 8. The number of rotatable bonds is 14. The van der Waals surface area contributed by atoms with Crippen LogP contribution < -0.4 is 10.6 Å². The van der Waals surface area contributed by atoms with Gasteiger partial charge in [-0.1, -0.05) is 80.1 Å². The lowest BCUT2D eigenvalue weighted by Gasteiger charge is -2.24. The normalized spacial score (nSPS) is 17.2. The van der Waals surface area contributed by atoms with Crippen molar-refractivity contribution in [3.63, 3.8) is 0 Å². The molecule has 2 rings (SSSR count). The number of aliphatic carboxylic acids is 2. The largest absolute Gasteiger partial charge is 0.481 e. The Morgan fingerprint density at radius 3 is 1.15 bits per heavy atom. The standard InChI is InChI=1S/C14H25NO3.C13H23NO3.C8H14O4/c1-10(2)12(14(17)18-3)9-13(16)15-11-7-5-4-6-8-11;1-9(2)11(13(16)17)8-12(15)14-10-6-4-3-5-7-10;1-5(2)6(4-7(9)10)8(11)12-3/h10-12H,4-9H2,1-3H3,(H,15,16);9-11H,3-8H2,1-2H3,(H,14,15)(H,16,17);5-6H,4H2,1-3H3,(H,9,10)/t12-;11-;6-/m000/s1. The van der Waals surface area contributed by atoms with Crippen LogP contribution in [0, 0.1) is 35.5 Å². The molecule has 4 N–H and O–H groups in total. The highest BCUT2D eigenvalue weighted by Crippen LogP contribution is 2.21. The van der Waals surface area contributed by atoms with Crippen molar-refractivity contribution in [3.8, 4) is 0 Å². The van der Waals surface area contributed by atoms with Gasteiger partial charge in [0, 0.05) is 24.9 Å². The van der Waals surface area contributed by atoms with Gasteiger partial charge in [0.1, 0.15) is 0 Å². The maximum Gasteiger partial charge on any atom is 0.309 e. The van der Waals surface area contributed by atoms with Gasteiger partial charge in [0.25, 0.3) is 0 Å². The van der Waals surface area contributed by atoms with Gasteiger partial charge >= 0.3 is 23.9 Å². The van der Waals surface area contributed by atoms with E-state index in [0.717, 1.165) is 38.5 Å². The van der Waals surface area contributed by atoms with Crippen LogP contribution in [0.3, 0.4) is 0 Å². The molecule has 0 aliphatic heterocycles. The average molecular weight is 671 g/mol. The van der Waals surface area contributed by atoms with Gasteiger partial charge in [-0.15, -0.1) is 0 Å². The number of carboxylic acids is 2. The molecule has 2 fully saturated rings. The summed E-state index contributed by atoms with van der Waals surface area (Å²) in [4.78, 5) is 67.6. The number of methoxy groups -OCH3 is 2. The summed E-state index contributed by atoms with van der Waals surface area (Å²) in [6, 6.07) is 0.564. The molecule has 0 radical (unpaired) electrons. The number of ether oxygens (including phenoxy) is 2. The van der Waals surface area contributed by atoms with Crippen LogP contribution in [0.5, 0.6) is 0 Å². The number of carbonyl (C=O) groups is 6. The van der Waals surface area contributed by atoms with Gasteiger partial charge in [0.15, 0.2) is 0 Å².